The van der Waals surface area contributed by atoms with E-state index in [9.17, 15) is 9.18 Å². The van der Waals surface area contributed by atoms with Crippen molar-refractivity contribution >= 4 is 39.5 Å². The number of benzene rings is 2. The first-order chi connectivity index (χ1) is 25.8. The lowest BCUT2D eigenvalue weighted by Gasteiger charge is -2.36. The molecule has 10 nitrogen and oxygen atoms in total. The van der Waals surface area contributed by atoms with E-state index in [4.69, 9.17) is 20.9 Å². The lowest BCUT2D eigenvalue weighted by Crippen LogP contribution is -2.49. The van der Waals surface area contributed by atoms with Crippen LogP contribution in [0.3, 0.4) is 0 Å². The van der Waals surface area contributed by atoms with Crippen molar-refractivity contribution in [3.8, 4) is 35.5 Å². The van der Waals surface area contributed by atoms with Gasteiger partial charge < -0.3 is 19.3 Å². The molecule has 0 radical (unpaired) electrons. The SMILES string of the molecule is C#Cc1cccc2cccc(-c3nc(OC)c4c(N5CCN(C(=O)/C(F)=C/c6ccccn6)CC5)nc(OC[C@@]56CCCN5C[C@H](F)C6)nc4c3F)c12. The third-order valence-electron chi connectivity index (χ3n) is 10.5. The van der Waals surface area contributed by atoms with Gasteiger partial charge in [0.1, 0.15) is 35.2 Å². The standard InChI is InChI=1S/C40H36F3N7O3/c1-3-25-9-6-10-26-11-7-13-29(31(25)26)34-33(43)35-32(37(45-34)52-2)36(47-39(46-35)53-24-40-14-8-16-50(40)23-27(41)22-40)48-17-19-49(20-18-48)38(51)30(42)21-28-12-4-5-15-44-28/h1,4-7,9-13,15,21,27H,8,14,16-20,22-24H2,2H3/b30-21-/t27-,40+/m1/s1. The summed E-state index contributed by atoms with van der Waals surface area (Å²) in [7, 11) is 1.43. The Morgan fingerprint density at radius 3 is 2.60 bits per heavy atom. The van der Waals surface area contributed by atoms with Gasteiger partial charge in [-0.1, -0.05) is 42.3 Å². The van der Waals surface area contributed by atoms with E-state index in [0.29, 0.717) is 35.2 Å². The second kappa shape index (κ2) is 14.0. The van der Waals surface area contributed by atoms with E-state index in [-0.39, 0.29) is 67.1 Å². The zero-order valence-corrected chi connectivity index (χ0v) is 29.1. The van der Waals surface area contributed by atoms with Crippen LogP contribution < -0.4 is 14.4 Å². The average Bonchev–Trinajstić information content (AvgIpc) is 3.72. The predicted molar refractivity (Wildman–Crippen MR) is 195 cm³/mol. The highest BCUT2D eigenvalue weighted by molar-refractivity contribution is 6.03. The molecule has 3 fully saturated rings. The number of carbonyl (C=O) groups is 1. The number of pyridine rings is 2. The van der Waals surface area contributed by atoms with E-state index in [1.165, 1.54) is 18.2 Å². The van der Waals surface area contributed by atoms with Crippen LogP contribution in [0.2, 0.25) is 0 Å². The van der Waals surface area contributed by atoms with Crippen LogP contribution in [0.15, 0.2) is 66.6 Å². The maximum atomic E-state index is 17.1. The molecule has 3 aromatic heterocycles. The quantitative estimate of drug-likeness (QED) is 0.142. The first kappa shape index (κ1) is 34.4. The summed E-state index contributed by atoms with van der Waals surface area (Å²) < 4.78 is 58.8. The summed E-state index contributed by atoms with van der Waals surface area (Å²) in [6.07, 6.45) is 9.57. The van der Waals surface area contributed by atoms with Gasteiger partial charge in [-0.2, -0.15) is 9.97 Å². The molecule has 6 heterocycles. The van der Waals surface area contributed by atoms with Crippen LogP contribution in [0.4, 0.5) is 19.0 Å². The van der Waals surface area contributed by atoms with Gasteiger partial charge in [0.2, 0.25) is 5.88 Å². The minimum atomic E-state index is -0.960. The molecule has 2 aromatic carbocycles. The van der Waals surface area contributed by atoms with Crippen molar-refractivity contribution in [2.24, 2.45) is 0 Å². The van der Waals surface area contributed by atoms with Crippen molar-refractivity contribution in [3.63, 3.8) is 0 Å². The molecule has 5 aromatic rings. The molecule has 1 amide bonds. The molecule has 270 valence electrons. The first-order valence-corrected chi connectivity index (χ1v) is 17.6. The second-order valence-corrected chi connectivity index (χ2v) is 13.6. The summed E-state index contributed by atoms with van der Waals surface area (Å²) in [5.74, 6) is 0.650. The summed E-state index contributed by atoms with van der Waals surface area (Å²) in [4.78, 5) is 36.6. The molecule has 53 heavy (non-hydrogen) atoms. The van der Waals surface area contributed by atoms with E-state index >= 15 is 8.78 Å². The molecule has 3 aliphatic heterocycles. The van der Waals surface area contributed by atoms with Crippen LogP contribution in [0.5, 0.6) is 11.9 Å². The number of aromatic nitrogens is 4. The molecule has 3 saturated heterocycles. The Hall–Kier alpha value is -5.74. The number of hydrogen-bond acceptors (Lipinski definition) is 9. The Morgan fingerprint density at radius 2 is 1.85 bits per heavy atom. The second-order valence-electron chi connectivity index (χ2n) is 13.6. The van der Waals surface area contributed by atoms with Crippen molar-refractivity contribution < 1.29 is 27.4 Å². The number of amides is 1. The van der Waals surface area contributed by atoms with Gasteiger partial charge in [-0.15, -0.1) is 6.42 Å². The Balaban J connectivity index is 1.19. The number of alkyl halides is 1. The van der Waals surface area contributed by atoms with E-state index in [1.54, 1.807) is 36.4 Å². The number of anilines is 1. The summed E-state index contributed by atoms with van der Waals surface area (Å²) in [5, 5.41) is 1.68. The van der Waals surface area contributed by atoms with Gasteiger partial charge in [0.15, 0.2) is 11.6 Å². The molecule has 0 aliphatic carbocycles. The van der Waals surface area contributed by atoms with Crippen LogP contribution in [0, 0.1) is 18.2 Å². The average molecular weight is 720 g/mol. The monoisotopic (exact) mass is 719 g/mol. The molecule has 0 unspecified atom stereocenters. The van der Waals surface area contributed by atoms with E-state index < -0.39 is 29.3 Å². The van der Waals surface area contributed by atoms with Crippen LogP contribution in [-0.4, -0.2) is 100 Å². The van der Waals surface area contributed by atoms with Crippen LogP contribution in [-0.2, 0) is 4.79 Å². The summed E-state index contributed by atoms with van der Waals surface area (Å²) in [6, 6.07) is 15.9. The lowest BCUT2D eigenvalue weighted by molar-refractivity contribution is -0.128. The van der Waals surface area contributed by atoms with Gasteiger partial charge in [0.25, 0.3) is 5.91 Å². The van der Waals surface area contributed by atoms with Gasteiger partial charge in [-0.3, -0.25) is 14.7 Å². The molecule has 8 rings (SSSR count). The van der Waals surface area contributed by atoms with Crippen molar-refractivity contribution in [1.29, 1.82) is 0 Å². The molecule has 0 N–H and O–H groups in total. The normalized spacial score (nSPS) is 20.5. The largest absolute Gasteiger partial charge is 0.480 e. The van der Waals surface area contributed by atoms with Gasteiger partial charge in [0.05, 0.1) is 18.3 Å². The van der Waals surface area contributed by atoms with Gasteiger partial charge in [-0.25, -0.2) is 18.2 Å². The summed E-state index contributed by atoms with van der Waals surface area (Å²) >= 11 is 0. The van der Waals surface area contributed by atoms with Gasteiger partial charge >= 0.3 is 6.01 Å². The smallest absolute Gasteiger partial charge is 0.319 e. The first-order valence-electron chi connectivity index (χ1n) is 17.6. The minimum Gasteiger partial charge on any atom is -0.480 e. The number of terminal acetylenes is 1. The maximum Gasteiger partial charge on any atom is 0.319 e. The van der Waals surface area contributed by atoms with Crippen LogP contribution >= 0.6 is 0 Å². The zero-order valence-electron chi connectivity index (χ0n) is 29.1. The number of fused-ring (bicyclic) bond motifs is 3. The number of methoxy groups -OCH3 is 1. The van der Waals surface area contributed by atoms with Crippen molar-refractivity contribution in [1.82, 2.24) is 29.7 Å². The number of halogens is 3. The number of carbonyl (C=O) groups excluding carboxylic acids is 1. The number of rotatable bonds is 8. The summed E-state index contributed by atoms with van der Waals surface area (Å²) in [5.41, 5.74) is 0.778. The Morgan fingerprint density at radius 1 is 1.04 bits per heavy atom. The lowest BCUT2D eigenvalue weighted by atomic mass is 9.95. The fourth-order valence-electron chi connectivity index (χ4n) is 7.95. The Kier molecular flexibility index (Phi) is 9.08. The molecular formula is C40H36F3N7O3. The van der Waals surface area contributed by atoms with Crippen molar-refractivity contribution in [2.75, 3.05) is 57.9 Å². The zero-order chi connectivity index (χ0) is 36.7. The Labute approximate surface area is 304 Å². The van der Waals surface area contributed by atoms with E-state index in [0.717, 1.165) is 30.8 Å². The molecule has 3 aliphatic rings. The summed E-state index contributed by atoms with van der Waals surface area (Å²) in [6.45, 7) is 2.03. The molecule has 2 atom stereocenters. The number of hydrogen-bond donors (Lipinski definition) is 0. The number of ether oxygens (including phenoxy) is 2. The molecule has 0 spiro atoms. The van der Waals surface area contributed by atoms with Crippen molar-refractivity contribution in [3.05, 3.63) is 83.7 Å². The molecule has 0 saturated carbocycles. The maximum absolute atomic E-state index is 17.1. The van der Waals surface area contributed by atoms with Crippen LogP contribution in [0.1, 0.15) is 30.5 Å². The fourth-order valence-corrected chi connectivity index (χ4v) is 7.95. The highest BCUT2D eigenvalue weighted by Crippen LogP contribution is 2.42. The molecule has 0 bridgehead atoms. The minimum absolute atomic E-state index is 0.0135. The molecule has 13 heteroatoms. The number of nitrogens with zero attached hydrogens (tertiary/aromatic N) is 7. The topological polar surface area (TPSA) is 96.8 Å². The van der Waals surface area contributed by atoms with E-state index in [2.05, 4.69) is 25.8 Å². The third kappa shape index (κ3) is 6.27. The van der Waals surface area contributed by atoms with Gasteiger partial charge in [-0.05, 0) is 43.0 Å². The Bertz CT molecular complexity index is 2290. The van der Waals surface area contributed by atoms with Gasteiger partial charge in [0, 0.05) is 67.9 Å². The highest BCUT2D eigenvalue weighted by Gasteiger charge is 2.49. The fraction of sp³-hybridized carbons (Fsp3) is 0.325. The third-order valence-corrected chi connectivity index (χ3v) is 10.5. The predicted octanol–water partition coefficient (Wildman–Crippen LogP) is 5.98. The van der Waals surface area contributed by atoms with E-state index in [1.807, 2.05) is 23.1 Å². The van der Waals surface area contributed by atoms with Crippen molar-refractivity contribution in [2.45, 2.75) is 31.0 Å². The number of piperazine rings is 1. The van der Waals surface area contributed by atoms with Crippen LogP contribution in [0.25, 0.3) is 39.0 Å². The highest BCUT2D eigenvalue weighted by atomic mass is 19.1. The molecular weight excluding hydrogens is 683 g/mol.